The Labute approximate surface area is 93.5 Å². The lowest BCUT2D eigenvalue weighted by molar-refractivity contribution is 0.765. The van der Waals surface area contributed by atoms with Crippen LogP contribution in [0.15, 0.2) is 36.7 Å². The molecule has 1 atom stereocenters. The fraction of sp³-hybridized carbons (Fsp3) is 0.182. The third-order valence-corrected chi connectivity index (χ3v) is 2.57. The van der Waals surface area contributed by atoms with Crippen LogP contribution in [0, 0.1) is 0 Å². The molecule has 15 heavy (non-hydrogen) atoms. The molecular formula is C11H12ClN3. The lowest BCUT2D eigenvalue weighted by Crippen LogP contribution is -2.10. The Morgan fingerprint density at radius 3 is 2.47 bits per heavy atom. The van der Waals surface area contributed by atoms with Crippen LogP contribution in [-0.2, 0) is 7.05 Å². The molecule has 0 radical (unpaired) electrons. The van der Waals surface area contributed by atoms with Crippen LogP contribution in [0.2, 0.25) is 5.02 Å². The molecular weight excluding hydrogens is 210 g/mol. The Morgan fingerprint density at radius 1 is 1.27 bits per heavy atom. The van der Waals surface area contributed by atoms with Gasteiger partial charge in [0.25, 0.3) is 0 Å². The van der Waals surface area contributed by atoms with Crippen LogP contribution >= 0.6 is 11.6 Å². The standard InChI is InChI=1S/C11H12ClN3/c1-15-7-9(6-14-15)11(13)8-2-4-10(12)5-3-8/h2-7,11H,13H2,1H3/t11-/m0/s1. The number of rotatable bonds is 2. The first-order chi connectivity index (χ1) is 7.16. The van der Waals surface area contributed by atoms with Crippen LogP contribution in [0.5, 0.6) is 0 Å². The molecule has 0 unspecified atom stereocenters. The number of hydrogen-bond acceptors (Lipinski definition) is 2. The second-order valence-corrected chi connectivity index (χ2v) is 3.91. The number of benzene rings is 1. The van der Waals surface area contributed by atoms with E-state index in [1.165, 1.54) is 0 Å². The Bertz CT molecular complexity index is 447. The molecule has 0 spiro atoms. The molecule has 4 heteroatoms. The molecule has 0 amide bonds. The van der Waals surface area contributed by atoms with E-state index in [0.717, 1.165) is 16.1 Å². The van der Waals surface area contributed by atoms with E-state index < -0.39 is 0 Å². The summed E-state index contributed by atoms with van der Waals surface area (Å²) in [5.74, 6) is 0. The van der Waals surface area contributed by atoms with Crippen molar-refractivity contribution < 1.29 is 0 Å². The van der Waals surface area contributed by atoms with Crippen LogP contribution < -0.4 is 5.73 Å². The maximum atomic E-state index is 6.08. The van der Waals surface area contributed by atoms with Crippen molar-refractivity contribution in [3.05, 3.63) is 52.8 Å². The summed E-state index contributed by atoms with van der Waals surface area (Å²) in [6.45, 7) is 0. The largest absolute Gasteiger partial charge is 0.320 e. The van der Waals surface area contributed by atoms with Crippen molar-refractivity contribution in [1.29, 1.82) is 0 Å². The Hall–Kier alpha value is -1.32. The van der Waals surface area contributed by atoms with E-state index in [0.29, 0.717) is 0 Å². The zero-order valence-corrected chi connectivity index (χ0v) is 9.15. The molecule has 0 aliphatic heterocycles. The average molecular weight is 222 g/mol. The second-order valence-electron chi connectivity index (χ2n) is 3.48. The maximum Gasteiger partial charge on any atom is 0.0582 e. The van der Waals surface area contributed by atoms with Gasteiger partial charge in [-0.25, -0.2) is 0 Å². The quantitative estimate of drug-likeness (QED) is 0.844. The number of aromatic nitrogens is 2. The predicted molar refractivity (Wildman–Crippen MR) is 60.7 cm³/mol. The van der Waals surface area contributed by atoms with Gasteiger partial charge < -0.3 is 5.73 Å². The first kappa shape index (κ1) is 10.2. The highest BCUT2D eigenvalue weighted by Gasteiger charge is 2.09. The summed E-state index contributed by atoms with van der Waals surface area (Å²) in [7, 11) is 1.87. The summed E-state index contributed by atoms with van der Waals surface area (Å²) in [6, 6.07) is 7.40. The van der Waals surface area contributed by atoms with Crippen LogP contribution in [0.4, 0.5) is 0 Å². The number of aryl methyl sites for hydroxylation is 1. The van der Waals surface area contributed by atoms with Crippen LogP contribution in [0.1, 0.15) is 17.2 Å². The molecule has 0 fully saturated rings. The van der Waals surface area contributed by atoms with E-state index >= 15 is 0 Å². The van der Waals surface area contributed by atoms with E-state index in [4.69, 9.17) is 17.3 Å². The van der Waals surface area contributed by atoms with Gasteiger partial charge in [0.15, 0.2) is 0 Å². The molecule has 0 saturated carbocycles. The molecule has 1 heterocycles. The highest BCUT2D eigenvalue weighted by Crippen LogP contribution is 2.20. The molecule has 0 bridgehead atoms. The van der Waals surface area contributed by atoms with Gasteiger partial charge in [0.2, 0.25) is 0 Å². The third-order valence-electron chi connectivity index (χ3n) is 2.31. The monoisotopic (exact) mass is 221 g/mol. The molecule has 2 rings (SSSR count). The Morgan fingerprint density at radius 2 is 1.93 bits per heavy atom. The summed E-state index contributed by atoms with van der Waals surface area (Å²) in [4.78, 5) is 0. The summed E-state index contributed by atoms with van der Waals surface area (Å²) in [6.07, 6.45) is 3.69. The van der Waals surface area contributed by atoms with Gasteiger partial charge in [-0.15, -0.1) is 0 Å². The molecule has 0 aliphatic rings. The van der Waals surface area contributed by atoms with E-state index in [-0.39, 0.29) is 6.04 Å². The minimum atomic E-state index is -0.143. The van der Waals surface area contributed by atoms with Gasteiger partial charge in [-0.2, -0.15) is 5.10 Å². The normalized spacial score (nSPS) is 12.7. The smallest absolute Gasteiger partial charge is 0.0582 e. The topological polar surface area (TPSA) is 43.8 Å². The molecule has 1 aromatic carbocycles. The highest BCUT2D eigenvalue weighted by molar-refractivity contribution is 6.30. The lowest BCUT2D eigenvalue weighted by Gasteiger charge is -2.09. The summed E-state index contributed by atoms with van der Waals surface area (Å²) in [5.41, 5.74) is 8.12. The van der Waals surface area contributed by atoms with Crippen molar-refractivity contribution in [1.82, 2.24) is 9.78 Å². The third kappa shape index (κ3) is 2.19. The van der Waals surface area contributed by atoms with Crippen molar-refractivity contribution in [3.8, 4) is 0 Å². The van der Waals surface area contributed by atoms with E-state index in [1.807, 2.05) is 37.5 Å². The van der Waals surface area contributed by atoms with Gasteiger partial charge in [-0.3, -0.25) is 4.68 Å². The fourth-order valence-corrected chi connectivity index (χ4v) is 1.59. The number of nitrogens with zero attached hydrogens (tertiary/aromatic N) is 2. The van der Waals surface area contributed by atoms with E-state index in [1.54, 1.807) is 10.9 Å². The number of nitrogens with two attached hydrogens (primary N) is 1. The Kier molecular flexibility index (Phi) is 2.75. The van der Waals surface area contributed by atoms with Gasteiger partial charge >= 0.3 is 0 Å². The van der Waals surface area contributed by atoms with E-state index in [2.05, 4.69) is 5.10 Å². The summed E-state index contributed by atoms with van der Waals surface area (Å²) in [5, 5.41) is 4.81. The van der Waals surface area contributed by atoms with Crippen molar-refractivity contribution in [2.75, 3.05) is 0 Å². The molecule has 78 valence electrons. The molecule has 0 aliphatic carbocycles. The zero-order valence-electron chi connectivity index (χ0n) is 8.39. The first-order valence-electron chi connectivity index (χ1n) is 4.66. The molecule has 2 N–H and O–H groups in total. The maximum absolute atomic E-state index is 6.08. The van der Waals surface area contributed by atoms with Crippen LogP contribution in [-0.4, -0.2) is 9.78 Å². The Balaban J connectivity index is 2.28. The van der Waals surface area contributed by atoms with E-state index in [9.17, 15) is 0 Å². The van der Waals surface area contributed by atoms with Crippen molar-refractivity contribution in [2.45, 2.75) is 6.04 Å². The van der Waals surface area contributed by atoms with Crippen LogP contribution in [0.3, 0.4) is 0 Å². The number of hydrogen-bond donors (Lipinski definition) is 1. The van der Waals surface area contributed by atoms with Crippen molar-refractivity contribution >= 4 is 11.6 Å². The molecule has 2 aromatic rings. The minimum Gasteiger partial charge on any atom is -0.320 e. The summed E-state index contributed by atoms with van der Waals surface area (Å²) < 4.78 is 1.74. The summed E-state index contributed by atoms with van der Waals surface area (Å²) >= 11 is 5.81. The van der Waals surface area contributed by atoms with Crippen molar-refractivity contribution in [3.63, 3.8) is 0 Å². The highest BCUT2D eigenvalue weighted by atomic mass is 35.5. The number of halogens is 1. The van der Waals surface area contributed by atoms with Gasteiger partial charge in [-0.05, 0) is 17.7 Å². The van der Waals surface area contributed by atoms with Gasteiger partial charge in [0.05, 0.1) is 12.2 Å². The SMILES string of the molecule is Cn1cc([C@@H](N)c2ccc(Cl)cc2)cn1. The molecule has 0 saturated heterocycles. The zero-order chi connectivity index (χ0) is 10.8. The van der Waals surface area contributed by atoms with Crippen LogP contribution in [0.25, 0.3) is 0 Å². The lowest BCUT2D eigenvalue weighted by atomic mass is 10.0. The van der Waals surface area contributed by atoms with Gasteiger partial charge in [0.1, 0.15) is 0 Å². The second kappa shape index (κ2) is 4.04. The molecule has 3 nitrogen and oxygen atoms in total. The van der Waals surface area contributed by atoms with Gasteiger partial charge in [-0.1, -0.05) is 23.7 Å². The fourth-order valence-electron chi connectivity index (χ4n) is 1.46. The first-order valence-corrected chi connectivity index (χ1v) is 5.04. The van der Waals surface area contributed by atoms with Crippen molar-refractivity contribution in [2.24, 2.45) is 12.8 Å². The predicted octanol–water partition coefficient (Wildman–Crippen LogP) is 2.12. The average Bonchev–Trinajstić information content (AvgIpc) is 2.65. The minimum absolute atomic E-state index is 0.143. The van der Waals surface area contributed by atoms with Gasteiger partial charge in [0, 0.05) is 23.8 Å². The molecule has 1 aromatic heterocycles.